The number of hydrogen-bond donors (Lipinski definition) is 3. The zero-order valence-corrected chi connectivity index (χ0v) is 13.0. The van der Waals surface area contributed by atoms with E-state index in [1.807, 2.05) is 58.0 Å². The number of nitrogens with zero attached hydrogens (tertiary/aromatic N) is 1. The smallest absolute Gasteiger partial charge is 0.233 e. The van der Waals surface area contributed by atoms with E-state index in [0.29, 0.717) is 12.1 Å². The Kier molecular flexibility index (Phi) is 4.05. The average molecular weight is 289 g/mol. The molecule has 1 aliphatic rings. The maximum Gasteiger partial charge on any atom is 0.233 e. The molecule has 0 radical (unpaired) electrons. The summed E-state index contributed by atoms with van der Waals surface area (Å²) in [5.41, 5.74) is 0.468. The highest BCUT2D eigenvalue weighted by molar-refractivity contribution is 6.12. The summed E-state index contributed by atoms with van der Waals surface area (Å²) in [5, 5.41) is 19.1. The quantitative estimate of drug-likeness (QED) is 0.579. The monoisotopic (exact) mass is 289 g/mol. The largest absolute Gasteiger partial charge is 0.411 e. The van der Waals surface area contributed by atoms with Gasteiger partial charge in [-0.3, -0.25) is 4.79 Å². The number of nitrogens with one attached hydrogen (secondary N) is 2. The summed E-state index contributed by atoms with van der Waals surface area (Å²) in [7, 11) is 0. The number of amides is 1. The highest BCUT2D eigenvalue weighted by Crippen LogP contribution is 2.31. The van der Waals surface area contributed by atoms with Gasteiger partial charge in [0.1, 0.15) is 0 Å². The van der Waals surface area contributed by atoms with E-state index in [-0.39, 0.29) is 11.4 Å². The van der Waals surface area contributed by atoms with Crippen molar-refractivity contribution in [3.8, 4) is 0 Å². The second-order valence-electron chi connectivity index (χ2n) is 6.73. The minimum Gasteiger partial charge on any atom is -0.411 e. The van der Waals surface area contributed by atoms with E-state index in [1.165, 1.54) is 0 Å². The molecule has 3 N–H and O–H groups in total. The molecule has 1 saturated heterocycles. The zero-order chi connectivity index (χ0) is 15.7. The number of para-hydroxylation sites is 1. The van der Waals surface area contributed by atoms with Crippen LogP contribution in [-0.4, -0.2) is 27.9 Å². The molecule has 1 fully saturated rings. The van der Waals surface area contributed by atoms with Crippen molar-refractivity contribution in [2.24, 2.45) is 11.1 Å². The third kappa shape index (κ3) is 3.42. The van der Waals surface area contributed by atoms with E-state index < -0.39 is 11.5 Å². The Labute approximate surface area is 125 Å². The topological polar surface area (TPSA) is 73.7 Å². The lowest BCUT2D eigenvalue weighted by molar-refractivity contribution is -0.119. The second-order valence-corrected chi connectivity index (χ2v) is 6.73. The molecule has 0 spiro atoms. The minimum absolute atomic E-state index is 0.142. The maximum absolute atomic E-state index is 12.6. The van der Waals surface area contributed by atoms with E-state index in [9.17, 15) is 10.0 Å². The molecule has 21 heavy (non-hydrogen) atoms. The Hall–Kier alpha value is -1.88. The van der Waals surface area contributed by atoms with E-state index in [1.54, 1.807) is 0 Å². The molecule has 114 valence electrons. The van der Waals surface area contributed by atoms with Crippen molar-refractivity contribution in [1.82, 2.24) is 5.32 Å². The van der Waals surface area contributed by atoms with E-state index in [2.05, 4.69) is 15.8 Å². The summed E-state index contributed by atoms with van der Waals surface area (Å²) in [6, 6.07) is 9.31. The molecule has 1 atom stereocenters. The number of benzene rings is 1. The van der Waals surface area contributed by atoms with Crippen LogP contribution in [-0.2, 0) is 4.79 Å². The van der Waals surface area contributed by atoms with Gasteiger partial charge in [-0.15, -0.1) is 0 Å². The number of oxime groups is 1. The molecule has 1 aliphatic heterocycles. The van der Waals surface area contributed by atoms with Gasteiger partial charge < -0.3 is 15.8 Å². The predicted octanol–water partition coefficient (Wildman–Crippen LogP) is 2.62. The lowest BCUT2D eigenvalue weighted by Crippen LogP contribution is -2.65. The van der Waals surface area contributed by atoms with Crippen LogP contribution in [0.15, 0.2) is 35.5 Å². The van der Waals surface area contributed by atoms with Gasteiger partial charge in [0.25, 0.3) is 0 Å². The third-order valence-electron chi connectivity index (χ3n) is 3.80. The number of anilines is 1. The van der Waals surface area contributed by atoms with Gasteiger partial charge in [0.15, 0.2) is 0 Å². The first-order chi connectivity index (χ1) is 9.75. The summed E-state index contributed by atoms with van der Waals surface area (Å²) < 4.78 is 0. The normalized spacial score (nSPS) is 25.5. The maximum atomic E-state index is 12.6. The second kappa shape index (κ2) is 5.48. The van der Waals surface area contributed by atoms with Crippen LogP contribution in [0.25, 0.3) is 0 Å². The van der Waals surface area contributed by atoms with Crippen molar-refractivity contribution in [3.63, 3.8) is 0 Å². The number of carbonyl (C=O) groups excluding carboxylic acids is 1. The van der Waals surface area contributed by atoms with Gasteiger partial charge in [-0.1, -0.05) is 23.4 Å². The summed E-state index contributed by atoms with van der Waals surface area (Å²) >= 11 is 0. The van der Waals surface area contributed by atoms with Crippen molar-refractivity contribution in [2.75, 3.05) is 5.32 Å². The number of rotatable bonds is 2. The molecule has 1 amide bonds. The van der Waals surface area contributed by atoms with Gasteiger partial charge >= 0.3 is 0 Å². The van der Waals surface area contributed by atoms with E-state index >= 15 is 0 Å². The Morgan fingerprint density at radius 3 is 2.48 bits per heavy atom. The van der Waals surface area contributed by atoms with Crippen LogP contribution in [0.1, 0.15) is 34.1 Å². The molecule has 5 nitrogen and oxygen atoms in total. The van der Waals surface area contributed by atoms with Crippen molar-refractivity contribution >= 4 is 17.3 Å². The molecule has 1 unspecified atom stereocenters. The van der Waals surface area contributed by atoms with E-state index in [0.717, 1.165) is 5.69 Å². The van der Waals surface area contributed by atoms with Crippen LogP contribution in [0.3, 0.4) is 0 Å². The number of carbonyl (C=O) groups is 1. The Bertz CT molecular complexity index is 550. The highest BCUT2D eigenvalue weighted by atomic mass is 16.4. The molecule has 1 aromatic rings. The van der Waals surface area contributed by atoms with Crippen LogP contribution >= 0.6 is 0 Å². The van der Waals surface area contributed by atoms with Gasteiger partial charge in [0, 0.05) is 11.2 Å². The zero-order valence-electron chi connectivity index (χ0n) is 13.0. The van der Waals surface area contributed by atoms with Crippen LogP contribution in [0, 0.1) is 5.92 Å². The SMILES string of the molecule is CC1(C)CC(C(=O)Nc2ccccc2)C(=NO)C(C)(C)N1. The summed E-state index contributed by atoms with van der Waals surface area (Å²) in [5.74, 6) is -0.599. The molecular weight excluding hydrogens is 266 g/mol. The molecule has 2 rings (SSSR count). The van der Waals surface area contributed by atoms with Crippen molar-refractivity contribution in [1.29, 1.82) is 0 Å². The molecule has 0 saturated carbocycles. The van der Waals surface area contributed by atoms with Gasteiger partial charge in [-0.25, -0.2) is 0 Å². The van der Waals surface area contributed by atoms with Crippen molar-refractivity contribution in [2.45, 2.75) is 45.2 Å². The summed E-state index contributed by atoms with van der Waals surface area (Å²) in [6.07, 6.45) is 0.578. The molecule has 1 aromatic carbocycles. The molecule has 0 aliphatic carbocycles. The predicted molar refractivity (Wildman–Crippen MR) is 83.7 cm³/mol. The van der Waals surface area contributed by atoms with Gasteiger partial charge in [0.05, 0.1) is 17.2 Å². The number of hydrogen-bond acceptors (Lipinski definition) is 4. The standard InChI is InChI=1S/C16H23N3O2/c1-15(2)10-12(13(18-21)16(3,4)19-15)14(20)17-11-8-6-5-7-9-11/h5-9,12,19,21H,10H2,1-4H3,(H,17,20). The first kappa shape index (κ1) is 15.5. The third-order valence-corrected chi connectivity index (χ3v) is 3.80. The van der Waals surface area contributed by atoms with Gasteiger partial charge in [0.2, 0.25) is 5.91 Å². The fourth-order valence-electron chi connectivity index (χ4n) is 3.17. The first-order valence-electron chi connectivity index (χ1n) is 7.13. The lowest BCUT2D eigenvalue weighted by Gasteiger charge is -2.46. The summed E-state index contributed by atoms with van der Waals surface area (Å²) in [4.78, 5) is 12.6. The van der Waals surface area contributed by atoms with Crippen LogP contribution in [0.5, 0.6) is 0 Å². The Morgan fingerprint density at radius 1 is 1.29 bits per heavy atom. The van der Waals surface area contributed by atoms with Crippen LogP contribution < -0.4 is 10.6 Å². The Morgan fingerprint density at radius 2 is 1.90 bits per heavy atom. The molecular formula is C16H23N3O2. The highest BCUT2D eigenvalue weighted by Gasteiger charge is 2.46. The van der Waals surface area contributed by atoms with Crippen LogP contribution in [0.4, 0.5) is 5.69 Å². The van der Waals surface area contributed by atoms with Crippen molar-refractivity contribution < 1.29 is 10.0 Å². The van der Waals surface area contributed by atoms with Gasteiger partial charge in [-0.2, -0.15) is 0 Å². The fraction of sp³-hybridized carbons (Fsp3) is 0.500. The van der Waals surface area contributed by atoms with Gasteiger partial charge in [-0.05, 0) is 46.2 Å². The fourth-order valence-corrected chi connectivity index (χ4v) is 3.17. The van der Waals surface area contributed by atoms with E-state index in [4.69, 9.17) is 0 Å². The molecule has 0 aromatic heterocycles. The first-order valence-corrected chi connectivity index (χ1v) is 7.13. The van der Waals surface area contributed by atoms with Crippen molar-refractivity contribution in [3.05, 3.63) is 30.3 Å². The molecule has 1 heterocycles. The minimum atomic E-state index is -0.533. The average Bonchev–Trinajstić information content (AvgIpc) is 2.36. The Balaban J connectivity index is 2.25. The van der Waals surface area contributed by atoms with Crippen LogP contribution in [0.2, 0.25) is 0 Å². The summed E-state index contributed by atoms with van der Waals surface area (Å²) in [6.45, 7) is 7.94. The molecule has 5 heteroatoms. The number of piperidine rings is 1. The molecule has 0 bridgehead atoms. The lowest BCUT2D eigenvalue weighted by atomic mass is 9.74.